The first-order valence-corrected chi connectivity index (χ1v) is 7.88. The quantitative estimate of drug-likeness (QED) is 0.665. The summed E-state index contributed by atoms with van der Waals surface area (Å²) in [5.41, 5.74) is 3.00. The van der Waals surface area contributed by atoms with Gasteiger partial charge in [-0.2, -0.15) is 0 Å². The summed E-state index contributed by atoms with van der Waals surface area (Å²) in [5.74, 6) is 0.461. The molecule has 25 heavy (non-hydrogen) atoms. The molecule has 0 spiro atoms. The van der Waals surface area contributed by atoms with E-state index < -0.39 is 0 Å². The lowest BCUT2D eigenvalue weighted by molar-refractivity contribution is 0.0925. The van der Waals surface area contributed by atoms with Gasteiger partial charge in [0.15, 0.2) is 11.3 Å². The molecule has 0 bridgehead atoms. The Morgan fingerprint density at radius 2 is 2.12 bits per heavy atom. The Bertz CT molecular complexity index is 858. The number of hydrogen-bond acceptors (Lipinski definition) is 6. The van der Waals surface area contributed by atoms with Crippen molar-refractivity contribution in [2.45, 2.75) is 13.5 Å². The molecule has 0 aliphatic rings. The highest BCUT2D eigenvalue weighted by atomic mass is 16.5. The van der Waals surface area contributed by atoms with Crippen molar-refractivity contribution in [1.29, 1.82) is 0 Å². The summed E-state index contributed by atoms with van der Waals surface area (Å²) in [7, 11) is 1.61. The van der Waals surface area contributed by atoms with Gasteiger partial charge in [0.05, 0.1) is 6.61 Å². The van der Waals surface area contributed by atoms with Crippen LogP contribution < -0.4 is 10.1 Å². The van der Waals surface area contributed by atoms with Gasteiger partial charge in [0.25, 0.3) is 5.91 Å². The van der Waals surface area contributed by atoms with E-state index in [1.807, 2.05) is 19.1 Å². The number of amides is 1. The number of ether oxygens (including phenoxy) is 2. The van der Waals surface area contributed by atoms with Crippen molar-refractivity contribution in [3.63, 3.8) is 0 Å². The van der Waals surface area contributed by atoms with E-state index in [0.717, 1.165) is 11.3 Å². The minimum atomic E-state index is -0.295. The maximum atomic E-state index is 12.2. The van der Waals surface area contributed by atoms with Crippen molar-refractivity contribution in [2.75, 3.05) is 20.3 Å². The Balaban J connectivity index is 1.57. The van der Waals surface area contributed by atoms with Crippen LogP contribution in [0.3, 0.4) is 0 Å². The average Bonchev–Trinajstić information content (AvgIpc) is 3.04. The molecular weight excluding hydrogens is 322 g/mol. The molecule has 3 aromatic heterocycles. The molecule has 1 amide bonds. The molecule has 3 rings (SSSR count). The predicted octanol–water partition coefficient (Wildman–Crippen LogP) is 2.49. The number of hydrogen-bond donors (Lipinski definition) is 1. The van der Waals surface area contributed by atoms with Gasteiger partial charge in [-0.1, -0.05) is 6.07 Å². The Kier molecular flexibility index (Phi) is 5.25. The third-order valence-electron chi connectivity index (χ3n) is 3.52. The van der Waals surface area contributed by atoms with Crippen LogP contribution in [0.5, 0.6) is 5.88 Å². The molecule has 130 valence electrons. The Morgan fingerprint density at radius 1 is 1.24 bits per heavy atom. The second kappa shape index (κ2) is 7.76. The fourth-order valence-electron chi connectivity index (χ4n) is 2.24. The molecule has 1 N–H and O–H groups in total. The minimum Gasteiger partial charge on any atom is -0.475 e. The topological polar surface area (TPSA) is 86.5 Å². The summed E-state index contributed by atoms with van der Waals surface area (Å²) in [6.07, 6.45) is 1.66. The van der Waals surface area contributed by atoms with E-state index >= 15 is 0 Å². The second-order valence-electron chi connectivity index (χ2n) is 5.48. The zero-order chi connectivity index (χ0) is 17.6. The summed E-state index contributed by atoms with van der Waals surface area (Å²) in [6.45, 7) is 3.18. The van der Waals surface area contributed by atoms with Crippen LogP contribution in [0.4, 0.5) is 0 Å². The van der Waals surface area contributed by atoms with E-state index in [9.17, 15) is 4.79 Å². The van der Waals surface area contributed by atoms with Gasteiger partial charge < -0.3 is 19.2 Å². The average molecular weight is 341 g/mol. The molecule has 7 heteroatoms. The standard InChI is InChI=1S/C18H19N3O4/c1-12-3-5-15-14(21-12)9-16(25-15)18(22)20-11-13-4-6-17(19-10-13)24-8-7-23-2/h3-6,9-10H,7-8,11H2,1-2H3,(H,20,22). The fourth-order valence-corrected chi connectivity index (χ4v) is 2.24. The van der Waals surface area contributed by atoms with Gasteiger partial charge >= 0.3 is 0 Å². The van der Waals surface area contributed by atoms with Crippen LogP contribution in [-0.4, -0.2) is 36.2 Å². The highest BCUT2D eigenvalue weighted by Gasteiger charge is 2.13. The molecule has 3 heterocycles. The largest absolute Gasteiger partial charge is 0.475 e. The molecular formula is C18H19N3O4. The van der Waals surface area contributed by atoms with Crippen LogP contribution in [0.15, 0.2) is 40.9 Å². The van der Waals surface area contributed by atoms with Crippen LogP contribution in [0, 0.1) is 6.92 Å². The van der Waals surface area contributed by atoms with Gasteiger partial charge in [0.1, 0.15) is 12.1 Å². The number of carbonyl (C=O) groups excluding carboxylic acids is 1. The van der Waals surface area contributed by atoms with E-state index in [0.29, 0.717) is 36.7 Å². The summed E-state index contributed by atoms with van der Waals surface area (Å²) in [6, 6.07) is 8.89. The van der Waals surface area contributed by atoms with E-state index in [4.69, 9.17) is 13.9 Å². The number of furan rings is 1. The number of fused-ring (bicyclic) bond motifs is 1. The number of nitrogens with one attached hydrogen (secondary N) is 1. The molecule has 0 aliphatic carbocycles. The third-order valence-corrected chi connectivity index (χ3v) is 3.52. The van der Waals surface area contributed by atoms with Crippen LogP contribution in [0.2, 0.25) is 0 Å². The molecule has 0 atom stereocenters. The molecule has 0 aromatic carbocycles. The Hall–Kier alpha value is -2.93. The SMILES string of the molecule is COCCOc1ccc(CNC(=O)c2cc3nc(C)ccc3o2)cn1. The molecule has 0 aliphatic heterocycles. The fraction of sp³-hybridized carbons (Fsp3) is 0.278. The second-order valence-corrected chi connectivity index (χ2v) is 5.48. The summed E-state index contributed by atoms with van der Waals surface area (Å²) in [5, 5.41) is 2.80. The van der Waals surface area contributed by atoms with E-state index in [1.165, 1.54) is 0 Å². The minimum absolute atomic E-state index is 0.237. The van der Waals surface area contributed by atoms with Crippen molar-refractivity contribution in [3.05, 3.63) is 53.5 Å². The van der Waals surface area contributed by atoms with Crippen molar-refractivity contribution in [3.8, 4) is 5.88 Å². The first-order chi connectivity index (χ1) is 12.2. The first kappa shape index (κ1) is 16.9. The van der Waals surface area contributed by atoms with Crippen molar-refractivity contribution < 1.29 is 18.7 Å². The van der Waals surface area contributed by atoms with Gasteiger partial charge in [0, 0.05) is 37.7 Å². The summed E-state index contributed by atoms with van der Waals surface area (Å²) < 4.78 is 15.8. The molecule has 7 nitrogen and oxygen atoms in total. The smallest absolute Gasteiger partial charge is 0.287 e. The van der Waals surface area contributed by atoms with E-state index in [1.54, 1.807) is 31.5 Å². The molecule has 0 unspecified atom stereocenters. The molecule has 0 saturated heterocycles. The number of methoxy groups -OCH3 is 1. The lowest BCUT2D eigenvalue weighted by Crippen LogP contribution is -2.22. The maximum Gasteiger partial charge on any atom is 0.287 e. The highest BCUT2D eigenvalue weighted by molar-refractivity contribution is 5.95. The van der Waals surface area contributed by atoms with Gasteiger partial charge in [-0.05, 0) is 24.6 Å². The number of aromatic nitrogens is 2. The van der Waals surface area contributed by atoms with Crippen LogP contribution in [-0.2, 0) is 11.3 Å². The maximum absolute atomic E-state index is 12.2. The number of aryl methyl sites for hydroxylation is 1. The predicted molar refractivity (Wildman–Crippen MR) is 91.5 cm³/mol. The van der Waals surface area contributed by atoms with Gasteiger partial charge in [-0.15, -0.1) is 0 Å². The molecule has 0 fully saturated rings. The zero-order valence-corrected chi connectivity index (χ0v) is 14.1. The van der Waals surface area contributed by atoms with Crippen molar-refractivity contribution in [2.24, 2.45) is 0 Å². The highest BCUT2D eigenvalue weighted by Crippen LogP contribution is 2.18. The number of nitrogens with zero attached hydrogens (tertiary/aromatic N) is 2. The van der Waals surface area contributed by atoms with Crippen LogP contribution >= 0.6 is 0 Å². The third kappa shape index (κ3) is 4.33. The zero-order valence-electron chi connectivity index (χ0n) is 14.1. The summed E-state index contributed by atoms with van der Waals surface area (Å²) in [4.78, 5) is 20.7. The Morgan fingerprint density at radius 3 is 2.88 bits per heavy atom. The number of rotatable bonds is 7. The van der Waals surface area contributed by atoms with Gasteiger partial charge in [-0.25, -0.2) is 9.97 Å². The van der Waals surface area contributed by atoms with Crippen molar-refractivity contribution >= 4 is 17.0 Å². The van der Waals surface area contributed by atoms with Crippen molar-refractivity contribution in [1.82, 2.24) is 15.3 Å². The van der Waals surface area contributed by atoms with Crippen LogP contribution in [0.25, 0.3) is 11.1 Å². The first-order valence-electron chi connectivity index (χ1n) is 7.88. The number of carbonyl (C=O) groups is 1. The Labute approximate surface area is 145 Å². The molecule has 0 saturated carbocycles. The molecule has 3 aromatic rings. The monoisotopic (exact) mass is 341 g/mol. The molecule has 0 radical (unpaired) electrons. The van der Waals surface area contributed by atoms with Crippen LogP contribution in [0.1, 0.15) is 21.8 Å². The lowest BCUT2D eigenvalue weighted by Gasteiger charge is -2.06. The lowest BCUT2D eigenvalue weighted by atomic mass is 10.3. The number of pyridine rings is 2. The van der Waals surface area contributed by atoms with Gasteiger partial charge in [-0.3, -0.25) is 4.79 Å². The van der Waals surface area contributed by atoms with E-state index in [2.05, 4.69) is 15.3 Å². The normalized spacial score (nSPS) is 10.8. The van der Waals surface area contributed by atoms with Gasteiger partial charge in [0.2, 0.25) is 5.88 Å². The summed E-state index contributed by atoms with van der Waals surface area (Å²) >= 11 is 0. The van der Waals surface area contributed by atoms with E-state index in [-0.39, 0.29) is 11.7 Å².